The maximum absolute atomic E-state index is 11.3. The lowest BCUT2D eigenvalue weighted by Gasteiger charge is -2.03. The SMILES string of the molecule is CCCCCC[C@@H]1C[C@H](CO)OC1=O. The van der Waals surface area contributed by atoms with E-state index in [1.165, 1.54) is 19.3 Å². The standard InChI is InChI=1S/C11H20O3/c1-2-3-4-5-6-9-7-10(8-12)14-11(9)13/h9-10,12H,2-8H2,1H3/t9-,10-/m1/s1. The Hall–Kier alpha value is -0.570. The summed E-state index contributed by atoms with van der Waals surface area (Å²) in [6.45, 7) is 2.14. The predicted molar refractivity (Wildman–Crippen MR) is 53.8 cm³/mol. The van der Waals surface area contributed by atoms with Crippen molar-refractivity contribution in [1.29, 1.82) is 0 Å². The minimum Gasteiger partial charge on any atom is -0.460 e. The molecular formula is C11H20O3. The van der Waals surface area contributed by atoms with Gasteiger partial charge in [0.25, 0.3) is 0 Å². The molecule has 0 aromatic heterocycles. The number of carbonyl (C=O) groups excluding carboxylic acids is 1. The average molecular weight is 200 g/mol. The van der Waals surface area contributed by atoms with Gasteiger partial charge in [-0.15, -0.1) is 0 Å². The van der Waals surface area contributed by atoms with E-state index in [1.807, 2.05) is 0 Å². The van der Waals surface area contributed by atoms with E-state index < -0.39 is 0 Å². The van der Waals surface area contributed by atoms with Crippen LogP contribution in [-0.4, -0.2) is 23.8 Å². The Morgan fingerprint density at radius 1 is 1.43 bits per heavy atom. The third kappa shape index (κ3) is 3.29. The lowest BCUT2D eigenvalue weighted by Crippen LogP contribution is -2.10. The summed E-state index contributed by atoms with van der Waals surface area (Å²) in [4.78, 5) is 11.3. The highest BCUT2D eigenvalue weighted by atomic mass is 16.6. The van der Waals surface area contributed by atoms with Gasteiger partial charge in [0, 0.05) is 0 Å². The summed E-state index contributed by atoms with van der Waals surface area (Å²) >= 11 is 0. The zero-order valence-corrected chi connectivity index (χ0v) is 8.87. The molecule has 0 bridgehead atoms. The number of esters is 1. The van der Waals surface area contributed by atoms with Crippen molar-refractivity contribution in [1.82, 2.24) is 0 Å². The molecule has 0 spiro atoms. The predicted octanol–water partition coefficient (Wildman–Crippen LogP) is 1.88. The molecule has 0 unspecified atom stereocenters. The fourth-order valence-electron chi connectivity index (χ4n) is 1.89. The quantitative estimate of drug-likeness (QED) is 0.526. The maximum Gasteiger partial charge on any atom is 0.309 e. The molecule has 0 aromatic carbocycles. The number of aliphatic hydroxyl groups excluding tert-OH is 1. The molecule has 2 atom stereocenters. The summed E-state index contributed by atoms with van der Waals surface area (Å²) in [5.74, 6) is -0.0652. The first-order valence-electron chi connectivity index (χ1n) is 5.59. The van der Waals surface area contributed by atoms with Crippen LogP contribution in [0.15, 0.2) is 0 Å². The van der Waals surface area contributed by atoms with Crippen LogP contribution in [0.2, 0.25) is 0 Å². The fourth-order valence-corrected chi connectivity index (χ4v) is 1.89. The number of unbranched alkanes of at least 4 members (excludes halogenated alkanes) is 3. The largest absolute Gasteiger partial charge is 0.460 e. The second-order valence-electron chi connectivity index (χ2n) is 4.02. The number of cyclic esters (lactones) is 1. The second-order valence-corrected chi connectivity index (χ2v) is 4.02. The molecule has 0 saturated carbocycles. The van der Waals surface area contributed by atoms with Crippen LogP contribution in [0.1, 0.15) is 45.4 Å². The lowest BCUT2D eigenvalue weighted by molar-refractivity contribution is -0.145. The highest BCUT2D eigenvalue weighted by Gasteiger charge is 2.33. The maximum atomic E-state index is 11.3. The number of ether oxygens (including phenoxy) is 1. The molecular weight excluding hydrogens is 180 g/mol. The van der Waals surface area contributed by atoms with Crippen LogP contribution in [0, 0.1) is 5.92 Å². The normalized spacial score (nSPS) is 26.6. The fraction of sp³-hybridized carbons (Fsp3) is 0.909. The van der Waals surface area contributed by atoms with Gasteiger partial charge in [-0.05, 0) is 12.8 Å². The third-order valence-electron chi connectivity index (χ3n) is 2.77. The first-order valence-corrected chi connectivity index (χ1v) is 5.59. The molecule has 3 nitrogen and oxygen atoms in total. The van der Waals surface area contributed by atoms with Crippen LogP contribution in [-0.2, 0) is 9.53 Å². The van der Waals surface area contributed by atoms with E-state index in [0.29, 0.717) is 6.42 Å². The number of hydrogen-bond acceptors (Lipinski definition) is 3. The van der Waals surface area contributed by atoms with Gasteiger partial charge in [-0.25, -0.2) is 0 Å². The van der Waals surface area contributed by atoms with Gasteiger partial charge in [-0.3, -0.25) is 4.79 Å². The summed E-state index contributed by atoms with van der Waals surface area (Å²) in [5, 5.41) is 8.83. The van der Waals surface area contributed by atoms with Crippen molar-refractivity contribution in [2.75, 3.05) is 6.61 Å². The van der Waals surface area contributed by atoms with Crippen LogP contribution in [0.5, 0.6) is 0 Å². The van der Waals surface area contributed by atoms with Crippen molar-refractivity contribution in [3.05, 3.63) is 0 Å². The van der Waals surface area contributed by atoms with E-state index in [0.717, 1.165) is 12.8 Å². The van der Waals surface area contributed by atoms with Crippen LogP contribution < -0.4 is 0 Å². The summed E-state index contributed by atoms with van der Waals surface area (Å²) in [5.41, 5.74) is 0. The Morgan fingerprint density at radius 3 is 2.79 bits per heavy atom. The van der Waals surface area contributed by atoms with Crippen LogP contribution in [0.4, 0.5) is 0 Å². The second kappa shape index (κ2) is 6.02. The molecule has 82 valence electrons. The molecule has 0 radical (unpaired) electrons. The van der Waals surface area contributed by atoms with E-state index >= 15 is 0 Å². The minimum absolute atomic E-state index is 0.0306. The minimum atomic E-state index is -0.237. The molecule has 1 N–H and O–H groups in total. The van der Waals surface area contributed by atoms with Crippen LogP contribution >= 0.6 is 0 Å². The van der Waals surface area contributed by atoms with Crippen molar-refractivity contribution in [2.24, 2.45) is 5.92 Å². The number of aliphatic hydroxyl groups is 1. The van der Waals surface area contributed by atoms with Crippen LogP contribution in [0.3, 0.4) is 0 Å². The topological polar surface area (TPSA) is 46.5 Å². The smallest absolute Gasteiger partial charge is 0.309 e. The van der Waals surface area contributed by atoms with Gasteiger partial charge in [0.05, 0.1) is 12.5 Å². The van der Waals surface area contributed by atoms with Crippen molar-refractivity contribution < 1.29 is 14.6 Å². The van der Waals surface area contributed by atoms with Gasteiger partial charge in [0.1, 0.15) is 6.10 Å². The molecule has 0 aromatic rings. The summed E-state index contributed by atoms with van der Waals surface area (Å²) in [6.07, 6.45) is 6.16. The molecule has 1 fully saturated rings. The van der Waals surface area contributed by atoms with Gasteiger partial charge in [-0.1, -0.05) is 32.6 Å². The molecule has 1 aliphatic heterocycles. The zero-order chi connectivity index (χ0) is 10.4. The van der Waals surface area contributed by atoms with Crippen molar-refractivity contribution in [2.45, 2.75) is 51.6 Å². The highest BCUT2D eigenvalue weighted by Crippen LogP contribution is 2.25. The molecule has 1 rings (SSSR count). The Morgan fingerprint density at radius 2 is 2.21 bits per heavy atom. The molecule has 0 amide bonds. The summed E-state index contributed by atoms with van der Waals surface area (Å²) < 4.78 is 4.99. The highest BCUT2D eigenvalue weighted by molar-refractivity contribution is 5.74. The first kappa shape index (κ1) is 11.5. The molecule has 1 saturated heterocycles. The molecule has 3 heteroatoms. The Balaban J connectivity index is 2.15. The zero-order valence-electron chi connectivity index (χ0n) is 8.87. The number of hydrogen-bond donors (Lipinski definition) is 1. The Kier molecular flexibility index (Phi) is 4.94. The van der Waals surface area contributed by atoms with Gasteiger partial charge in [0.2, 0.25) is 0 Å². The molecule has 14 heavy (non-hydrogen) atoms. The summed E-state index contributed by atoms with van der Waals surface area (Å²) in [6, 6.07) is 0. The number of rotatable bonds is 6. The average Bonchev–Trinajstić information content (AvgIpc) is 2.54. The molecule has 1 heterocycles. The first-order chi connectivity index (χ1) is 6.77. The monoisotopic (exact) mass is 200 g/mol. The van der Waals surface area contributed by atoms with E-state index in [4.69, 9.17) is 9.84 Å². The van der Waals surface area contributed by atoms with Gasteiger partial charge >= 0.3 is 5.97 Å². The van der Waals surface area contributed by atoms with Crippen molar-refractivity contribution in [3.63, 3.8) is 0 Å². The van der Waals surface area contributed by atoms with E-state index in [2.05, 4.69) is 6.92 Å². The molecule has 0 aliphatic carbocycles. The Bertz CT molecular complexity index is 179. The number of carbonyl (C=O) groups is 1. The Labute approximate surface area is 85.5 Å². The van der Waals surface area contributed by atoms with Gasteiger partial charge in [-0.2, -0.15) is 0 Å². The third-order valence-corrected chi connectivity index (χ3v) is 2.77. The summed E-state index contributed by atoms with van der Waals surface area (Å²) in [7, 11) is 0. The van der Waals surface area contributed by atoms with Gasteiger partial charge in [0.15, 0.2) is 0 Å². The van der Waals surface area contributed by atoms with E-state index in [9.17, 15) is 4.79 Å². The van der Waals surface area contributed by atoms with Gasteiger partial charge < -0.3 is 9.84 Å². The van der Waals surface area contributed by atoms with Crippen molar-refractivity contribution >= 4 is 5.97 Å². The van der Waals surface area contributed by atoms with Crippen LogP contribution in [0.25, 0.3) is 0 Å². The van der Waals surface area contributed by atoms with Crippen molar-refractivity contribution in [3.8, 4) is 0 Å². The lowest BCUT2D eigenvalue weighted by atomic mass is 9.97. The van der Waals surface area contributed by atoms with E-state index in [-0.39, 0.29) is 24.6 Å². The van der Waals surface area contributed by atoms with E-state index in [1.54, 1.807) is 0 Å². The molecule has 1 aliphatic rings.